The van der Waals surface area contributed by atoms with Crippen LogP contribution in [-0.2, 0) is 6.54 Å². The molecule has 0 aliphatic carbocycles. The highest BCUT2D eigenvalue weighted by Gasteiger charge is 2.12. The summed E-state index contributed by atoms with van der Waals surface area (Å²) in [4.78, 5) is 10.8. The number of hydrogen-bond donors (Lipinski definition) is 1. The molecule has 1 N–H and O–H groups in total. The highest BCUT2D eigenvalue weighted by atomic mass is 32.1. The summed E-state index contributed by atoms with van der Waals surface area (Å²) in [5, 5.41) is 4.71. The van der Waals surface area contributed by atoms with Crippen LogP contribution in [0.15, 0.2) is 0 Å². The summed E-state index contributed by atoms with van der Waals surface area (Å²) in [6.07, 6.45) is 1.24. The number of piperazine rings is 1. The molecule has 2 heterocycles. The lowest BCUT2D eigenvalue weighted by atomic mass is 10.3. The normalized spacial score (nSPS) is 18.1. The van der Waals surface area contributed by atoms with Crippen LogP contribution in [0.5, 0.6) is 0 Å². The Bertz CT molecular complexity index is 383. The third-order valence-electron chi connectivity index (χ3n) is 3.71. The van der Waals surface area contributed by atoms with Crippen LogP contribution in [-0.4, -0.2) is 61.1 Å². The van der Waals surface area contributed by atoms with E-state index in [1.54, 1.807) is 0 Å². The predicted molar refractivity (Wildman–Crippen MR) is 81.8 cm³/mol. The van der Waals surface area contributed by atoms with Gasteiger partial charge in [0.2, 0.25) is 0 Å². The smallest absolute Gasteiger partial charge is 0.0900 e. The van der Waals surface area contributed by atoms with Crippen molar-refractivity contribution in [3.63, 3.8) is 0 Å². The molecule has 0 aromatic carbocycles. The number of nitrogens with one attached hydrogen (secondary N) is 1. The van der Waals surface area contributed by atoms with Gasteiger partial charge in [-0.05, 0) is 40.4 Å². The van der Waals surface area contributed by atoms with Gasteiger partial charge in [0.15, 0.2) is 0 Å². The van der Waals surface area contributed by atoms with Gasteiger partial charge < -0.3 is 15.1 Å². The summed E-state index contributed by atoms with van der Waals surface area (Å²) in [5.41, 5.74) is 1.19. The fraction of sp³-hybridized carbons (Fsp3) is 0.786. The summed E-state index contributed by atoms with van der Waals surface area (Å²) < 4.78 is 0. The van der Waals surface area contributed by atoms with E-state index in [1.807, 2.05) is 11.3 Å². The zero-order valence-corrected chi connectivity index (χ0v) is 13.2. The SMILES string of the molecule is Cc1nc(C)c(CNCCCN2CCN(C)CC2)s1. The first kappa shape index (κ1) is 14.9. The van der Waals surface area contributed by atoms with E-state index in [2.05, 4.69) is 41.0 Å². The van der Waals surface area contributed by atoms with Gasteiger partial charge in [-0.3, -0.25) is 0 Å². The van der Waals surface area contributed by atoms with Crippen molar-refractivity contribution in [3.05, 3.63) is 15.6 Å². The second-order valence-corrected chi connectivity index (χ2v) is 6.70. The number of aromatic nitrogens is 1. The molecule has 4 nitrogen and oxygen atoms in total. The molecule has 19 heavy (non-hydrogen) atoms. The molecular weight excluding hydrogens is 256 g/mol. The molecule has 1 aliphatic rings. The third-order valence-corrected chi connectivity index (χ3v) is 4.78. The van der Waals surface area contributed by atoms with Crippen LogP contribution in [0.3, 0.4) is 0 Å². The maximum Gasteiger partial charge on any atom is 0.0900 e. The minimum Gasteiger partial charge on any atom is -0.312 e. The van der Waals surface area contributed by atoms with E-state index >= 15 is 0 Å². The van der Waals surface area contributed by atoms with Gasteiger partial charge in [0.05, 0.1) is 10.7 Å². The maximum absolute atomic E-state index is 4.46. The number of thiazole rings is 1. The Morgan fingerprint density at radius 1 is 1.21 bits per heavy atom. The van der Waals surface area contributed by atoms with Crippen LogP contribution in [0.1, 0.15) is 22.0 Å². The minimum atomic E-state index is 0.972. The zero-order chi connectivity index (χ0) is 13.7. The fourth-order valence-electron chi connectivity index (χ4n) is 2.44. The van der Waals surface area contributed by atoms with Crippen LogP contribution in [0, 0.1) is 13.8 Å². The van der Waals surface area contributed by atoms with Gasteiger partial charge in [0, 0.05) is 37.6 Å². The molecule has 1 aliphatic heterocycles. The van der Waals surface area contributed by atoms with Crippen molar-refractivity contribution in [2.75, 3.05) is 46.3 Å². The molecule has 0 saturated carbocycles. The summed E-state index contributed by atoms with van der Waals surface area (Å²) in [6, 6.07) is 0. The van der Waals surface area contributed by atoms with Gasteiger partial charge in [0.25, 0.3) is 0 Å². The lowest BCUT2D eigenvalue weighted by molar-refractivity contribution is 0.153. The van der Waals surface area contributed by atoms with Gasteiger partial charge in [-0.2, -0.15) is 0 Å². The Labute approximate surface area is 120 Å². The molecule has 1 aromatic heterocycles. The van der Waals surface area contributed by atoms with Gasteiger partial charge >= 0.3 is 0 Å². The fourth-order valence-corrected chi connectivity index (χ4v) is 3.35. The molecule has 0 atom stereocenters. The highest BCUT2D eigenvalue weighted by Crippen LogP contribution is 2.16. The molecule has 0 spiro atoms. The monoisotopic (exact) mass is 282 g/mol. The largest absolute Gasteiger partial charge is 0.312 e. The van der Waals surface area contributed by atoms with Crippen molar-refractivity contribution >= 4 is 11.3 Å². The van der Waals surface area contributed by atoms with E-state index in [1.165, 1.54) is 54.7 Å². The lowest BCUT2D eigenvalue weighted by Gasteiger charge is -2.32. The summed E-state index contributed by atoms with van der Waals surface area (Å²) in [5.74, 6) is 0. The number of hydrogen-bond acceptors (Lipinski definition) is 5. The van der Waals surface area contributed by atoms with Crippen molar-refractivity contribution < 1.29 is 0 Å². The van der Waals surface area contributed by atoms with Crippen LogP contribution in [0.2, 0.25) is 0 Å². The Kier molecular flexibility index (Phi) is 5.76. The molecule has 0 radical (unpaired) electrons. The third kappa shape index (κ3) is 4.84. The van der Waals surface area contributed by atoms with Crippen LogP contribution in [0.25, 0.3) is 0 Å². The van der Waals surface area contributed by atoms with E-state index < -0.39 is 0 Å². The molecule has 5 heteroatoms. The molecule has 0 bridgehead atoms. The number of aryl methyl sites for hydroxylation is 2. The average molecular weight is 282 g/mol. The van der Waals surface area contributed by atoms with Crippen molar-refractivity contribution in [1.82, 2.24) is 20.1 Å². The molecule has 108 valence electrons. The predicted octanol–water partition coefficient (Wildman–Crippen LogP) is 1.49. The molecule has 1 aromatic rings. The van der Waals surface area contributed by atoms with Crippen LogP contribution < -0.4 is 5.32 Å². The molecule has 1 saturated heterocycles. The van der Waals surface area contributed by atoms with Gasteiger partial charge in [-0.15, -0.1) is 11.3 Å². The van der Waals surface area contributed by atoms with Crippen molar-refractivity contribution in [2.24, 2.45) is 0 Å². The van der Waals surface area contributed by atoms with E-state index in [0.717, 1.165) is 13.1 Å². The highest BCUT2D eigenvalue weighted by molar-refractivity contribution is 7.11. The Morgan fingerprint density at radius 3 is 2.58 bits per heavy atom. The van der Waals surface area contributed by atoms with Crippen LogP contribution >= 0.6 is 11.3 Å². The first-order chi connectivity index (χ1) is 9.15. The molecule has 0 amide bonds. The topological polar surface area (TPSA) is 31.4 Å². The van der Waals surface area contributed by atoms with Gasteiger partial charge in [-0.1, -0.05) is 0 Å². The first-order valence-electron chi connectivity index (χ1n) is 7.19. The standard InChI is InChI=1S/C14H26N4S/c1-12-14(19-13(2)16-12)11-15-5-4-6-18-9-7-17(3)8-10-18/h15H,4-11H2,1-3H3. The van der Waals surface area contributed by atoms with Gasteiger partial charge in [0.1, 0.15) is 0 Å². The molecular formula is C14H26N4S. The second kappa shape index (κ2) is 7.33. The molecule has 2 rings (SSSR count). The molecule has 1 fully saturated rings. The lowest BCUT2D eigenvalue weighted by Crippen LogP contribution is -2.45. The Balaban J connectivity index is 1.56. The number of likely N-dealkylation sites (N-methyl/N-ethyl adjacent to an activating group) is 1. The van der Waals surface area contributed by atoms with Gasteiger partial charge in [-0.25, -0.2) is 4.98 Å². The van der Waals surface area contributed by atoms with Crippen molar-refractivity contribution in [2.45, 2.75) is 26.8 Å². The van der Waals surface area contributed by atoms with E-state index in [4.69, 9.17) is 0 Å². The average Bonchev–Trinajstić information content (AvgIpc) is 2.70. The minimum absolute atomic E-state index is 0.972. The summed E-state index contributed by atoms with van der Waals surface area (Å²) in [6.45, 7) is 12.4. The first-order valence-corrected chi connectivity index (χ1v) is 8.01. The Hall–Kier alpha value is -0.490. The van der Waals surface area contributed by atoms with E-state index in [9.17, 15) is 0 Å². The van der Waals surface area contributed by atoms with Crippen LogP contribution in [0.4, 0.5) is 0 Å². The number of rotatable bonds is 6. The van der Waals surface area contributed by atoms with Crippen molar-refractivity contribution in [3.8, 4) is 0 Å². The quantitative estimate of drug-likeness (QED) is 0.801. The van der Waals surface area contributed by atoms with E-state index in [-0.39, 0.29) is 0 Å². The summed E-state index contributed by atoms with van der Waals surface area (Å²) in [7, 11) is 2.21. The molecule has 0 unspecified atom stereocenters. The summed E-state index contributed by atoms with van der Waals surface area (Å²) >= 11 is 1.81. The number of nitrogens with zero attached hydrogens (tertiary/aromatic N) is 3. The van der Waals surface area contributed by atoms with Crippen molar-refractivity contribution in [1.29, 1.82) is 0 Å². The van der Waals surface area contributed by atoms with E-state index in [0.29, 0.717) is 0 Å². The maximum atomic E-state index is 4.46. The Morgan fingerprint density at radius 2 is 1.95 bits per heavy atom. The zero-order valence-electron chi connectivity index (χ0n) is 12.4. The second-order valence-electron chi connectivity index (χ2n) is 5.42.